The molecule has 1 saturated heterocycles. The lowest BCUT2D eigenvalue weighted by Gasteiger charge is -2.35. The minimum Gasteiger partial charge on any atom is -0.346 e. The van der Waals surface area contributed by atoms with Crippen molar-refractivity contribution in [3.63, 3.8) is 0 Å². The lowest BCUT2D eigenvalue weighted by molar-refractivity contribution is 0.0619. The van der Waals surface area contributed by atoms with Crippen molar-refractivity contribution >= 4 is 23.3 Å². The molecule has 0 saturated carbocycles. The van der Waals surface area contributed by atoms with E-state index in [1.165, 1.54) is 19.1 Å². The average Bonchev–Trinajstić information content (AvgIpc) is 2.99. The Morgan fingerprint density at radius 1 is 1.15 bits per heavy atom. The van der Waals surface area contributed by atoms with Gasteiger partial charge in [-0.1, -0.05) is 17.7 Å². The number of nitrogens with zero attached hydrogens (tertiary/aromatic N) is 3. The van der Waals surface area contributed by atoms with Crippen LogP contribution in [0.25, 0.3) is 0 Å². The third kappa shape index (κ3) is 3.97. The zero-order valence-electron chi connectivity index (χ0n) is 14.8. The highest BCUT2D eigenvalue weighted by molar-refractivity contribution is 6.31. The average molecular weight is 378 g/mol. The normalized spacial score (nSPS) is 15.3. The fourth-order valence-electron chi connectivity index (χ4n) is 3.13. The lowest BCUT2D eigenvalue weighted by atomic mass is 10.2. The minimum absolute atomic E-state index is 0.0550. The number of hydrogen-bond acceptors (Lipinski definition) is 3. The molecule has 2 aromatic rings. The van der Waals surface area contributed by atoms with Gasteiger partial charge in [-0.15, -0.1) is 0 Å². The predicted molar refractivity (Wildman–Crippen MR) is 98.0 cm³/mol. The molecule has 1 aliphatic rings. The highest BCUT2D eigenvalue weighted by Gasteiger charge is 2.25. The summed E-state index contributed by atoms with van der Waals surface area (Å²) in [4.78, 5) is 28.2. The van der Waals surface area contributed by atoms with Gasteiger partial charge in [0.2, 0.25) is 0 Å². The number of benzene rings is 1. The third-order valence-electron chi connectivity index (χ3n) is 4.70. The smallest absolute Gasteiger partial charge is 0.270 e. The maximum atomic E-state index is 13.1. The number of amides is 1. The molecule has 1 aromatic carbocycles. The van der Waals surface area contributed by atoms with Gasteiger partial charge in [0.05, 0.1) is 0 Å². The Morgan fingerprint density at radius 3 is 2.42 bits per heavy atom. The Morgan fingerprint density at radius 2 is 1.85 bits per heavy atom. The van der Waals surface area contributed by atoms with E-state index in [0.717, 1.165) is 5.56 Å². The maximum absolute atomic E-state index is 13.1. The number of carbonyl (C=O) groups is 2. The van der Waals surface area contributed by atoms with Gasteiger partial charge in [0, 0.05) is 56.6 Å². The summed E-state index contributed by atoms with van der Waals surface area (Å²) in [5, 5.41) is 0.420. The van der Waals surface area contributed by atoms with Crippen LogP contribution in [0.5, 0.6) is 0 Å². The fraction of sp³-hybridized carbons (Fsp3) is 0.368. The minimum atomic E-state index is -0.346. The molecule has 5 nitrogen and oxygen atoms in total. The zero-order chi connectivity index (χ0) is 18.8. The third-order valence-corrected chi connectivity index (χ3v) is 5.05. The Balaban J connectivity index is 1.61. The zero-order valence-corrected chi connectivity index (χ0v) is 15.6. The van der Waals surface area contributed by atoms with E-state index in [-0.39, 0.29) is 17.5 Å². The van der Waals surface area contributed by atoms with Crippen LogP contribution in [0.2, 0.25) is 5.02 Å². The van der Waals surface area contributed by atoms with Gasteiger partial charge in [-0.05, 0) is 30.7 Å². The topological polar surface area (TPSA) is 45.6 Å². The Bertz CT molecular complexity index is 841. The summed E-state index contributed by atoms with van der Waals surface area (Å²) in [6, 6.07) is 6.07. The van der Waals surface area contributed by atoms with Crippen LogP contribution in [0.3, 0.4) is 0 Å². The van der Waals surface area contributed by atoms with E-state index in [9.17, 15) is 14.0 Å². The van der Waals surface area contributed by atoms with Gasteiger partial charge >= 0.3 is 0 Å². The molecule has 138 valence electrons. The largest absolute Gasteiger partial charge is 0.346 e. The van der Waals surface area contributed by atoms with Gasteiger partial charge in [0.1, 0.15) is 11.5 Å². The first kappa shape index (κ1) is 18.6. The van der Waals surface area contributed by atoms with Gasteiger partial charge < -0.3 is 9.47 Å². The number of carbonyl (C=O) groups excluding carboxylic acids is 2. The number of rotatable bonds is 4. The Hall–Kier alpha value is -2.18. The van der Waals surface area contributed by atoms with E-state index in [1.807, 2.05) is 0 Å². The number of ketones is 1. The number of Topliss-reactive ketones (excluding diaryl/α,β-unsaturated/α-hetero) is 1. The molecular weight excluding hydrogens is 357 g/mol. The van der Waals surface area contributed by atoms with Crippen LogP contribution in [0.15, 0.2) is 30.5 Å². The van der Waals surface area contributed by atoms with Crippen molar-refractivity contribution in [1.29, 1.82) is 0 Å². The molecule has 0 bridgehead atoms. The van der Waals surface area contributed by atoms with Crippen LogP contribution in [-0.2, 0) is 13.6 Å². The Labute approximate surface area is 156 Å². The summed E-state index contributed by atoms with van der Waals surface area (Å²) in [6.45, 7) is 4.73. The van der Waals surface area contributed by atoms with Crippen molar-refractivity contribution in [2.75, 3.05) is 26.2 Å². The summed E-state index contributed by atoms with van der Waals surface area (Å²) >= 11 is 6.09. The highest BCUT2D eigenvalue weighted by Crippen LogP contribution is 2.20. The number of aryl methyl sites for hydroxylation is 1. The predicted octanol–water partition coefficient (Wildman–Crippen LogP) is 2.98. The molecule has 3 rings (SSSR count). The molecule has 2 heterocycles. The van der Waals surface area contributed by atoms with Gasteiger partial charge in [-0.25, -0.2) is 4.39 Å². The summed E-state index contributed by atoms with van der Waals surface area (Å²) in [7, 11) is 1.77. The first-order chi connectivity index (χ1) is 12.3. The monoisotopic (exact) mass is 377 g/mol. The molecule has 1 amide bonds. The lowest BCUT2D eigenvalue weighted by Crippen LogP contribution is -2.48. The quantitative estimate of drug-likeness (QED) is 0.769. The molecular formula is C19H21ClFN3O2. The van der Waals surface area contributed by atoms with E-state index in [4.69, 9.17) is 11.6 Å². The SMILES string of the molecule is CC(=O)c1cc(C(=O)N2CCN(Cc3ccc(F)cc3Cl)CC2)n(C)c1. The molecule has 0 N–H and O–H groups in total. The summed E-state index contributed by atoms with van der Waals surface area (Å²) in [5.41, 5.74) is 1.94. The summed E-state index contributed by atoms with van der Waals surface area (Å²) < 4.78 is 14.8. The molecule has 1 fully saturated rings. The van der Waals surface area contributed by atoms with Crippen molar-refractivity contribution in [3.8, 4) is 0 Å². The van der Waals surface area contributed by atoms with Crippen LogP contribution in [0, 0.1) is 5.82 Å². The molecule has 0 spiro atoms. The molecule has 1 aromatic heterocycles. The molecule has 0 aliphatic carbocycles. The van der Waals surface area contributed by atoms with E-state index in [1.54, 1.807) is 34.8 Å². The summed E-state index contributed by atoms with van der Waals surface area (Å²) in [6.07, 6.45) is 1.68. The second kappa shape index (κ2) is 7.60. The number of halogens is 2. The number of aromatic nitrogens is 1. The van der Waals surface area contributed by atoms with E-state index in [0.29, 0.717) is 49.0 Å². The highest BCUT2D eigenvalue weighted by atomic mass is 35.5. The molecule has 7 heteroatoms. The van der Waals surface area contributed by atoms with Gasteiger partial charge in [0.25, 0.3) is 5.91 Å². The van der Waals surface area contributed by atoms with Crippen LogP contribution < -0.4 is 0 Å². The second-order valence-corrected chi connectivity index (χ2v) is 6.99. The van der Waals surface area contributed by atoms with Crippen molar-refractivity contribution in [2.24, 2.45) is 7.05 Å². The molecule has 0 atom stereocenters. The van der Waals surface area contributed by atoms with Crippen molar-refractivity contribution < 1.29 is 14.0 Å². The van der Waals surface area contributed by atoms with E-state index < -0.39 is 0 Å². The van der Waals surface area contributed by atoms with Crippen molar-refractivity contribution in [2.45, 2.75) is 13.5 Å². The van der Waals surface area contributed by atoms with Gasteiger partial charge in [0.15, 0.2) is 5.78 Å². The van der Waals surface area contributed by atoms with Crippen LogP contribution in [0.4, 0.5) is 4.39 Å². The van der Waals surface area contributed by atoms with Crippen molar-refractivity contribution in [3.05, 3.63) is 58.1 Å². The first-order valence-electron chi connectivity index (χ1n) is 8.48. The van der Waals surface area contributed by atoms with Crippen LogP contribution in [-0.4, -0.2) is 52.2 Å². The standard InChI is InChI=1S/C19H21ClFN3O2/c1-13(25)15-9-18(22(2)11-15)19(26)24-7-5-23(6-8-24)12-14-3-4-16(21)10-17(14)20/h3-4,9-11H,5-8,12H2,1-2H3. The van der Waals surface area contributed by atoms with Crippen LogP contribution >= 0.6 is 11.6 Å². The molecule has 26 heavy (non-hydrogen) atoms. The maximum Gasteiger partial charge on any atom is 0.270 e. The van der Waals surface area contributed by atoms with E-state index >= 15 is 0 Å². The van der Waals surface area contributed by atoms with Gasteiger partial charge in [-0.3, -0.25) is 14.5 Å². The molecule has 1 aliphatic heterocycles. The number of piperazine rings is 1. The number of hydrogen-bond donors (Lipinski definition) is 0. The Kier molecular flexibility index (Phi) is 5.44. The fourth-order valence-corrected chi connectivity index (χ4v) is 3.36. The molecule has 0 unspecified atom stereocenters. The van der Waals surface area contributed by atoms with Gasteiger partial charge in [-0.2, -0.15) is 0 Å². The van der Waals surface area contributed by atoms with Crippen molar-refractivity contribution in [1.82, 2.24) is 14.4 Å². The first-order valence-corrected chi connectivity index (χ1v) is 8.86. The molecule has 0 radical (unpaired) electrons. The van der Waals surface area contributed by atoms with E-state index in [2.05, 4.69) is 4.90 Å². The van der Waals surface area contributed by atoms with Crippen LogP contribution in [0.1, 0.15) is 33.3 Å². The second-order valence-electron chi connectivity index (χ2n) is 6.59. The summed E-state index contributed by atoms with van der Waals surface area (Å²) in [5.74, 6) is -0.471.